The molecule has 0 bridgehead atoms. The second kappa shape index (κ2) is 11.0. The van der Waals surface area contributed by atoms with E-state index in [1.165, 1.54) is 4.31 Å². The van der Waals surface area contributed by atoms with Crippen molar-refractivity contribution < 1.29 is 17.9 Å². The molecule has 0 spiro atoms. The molecule has 0 saturated carbocycles. The number of hydrogen-bond acceptors (Lipinski definition) is 4. The number of ether oxygens (including phenoxy) is 1. The monoisotopic (exact) mass is 418 g/mol. The Hall–Kier alpha value is -2.38. The number of benzene rings is 2. The Balaban J connectivity index is 1.77. The first-order valence-electron chi connectivity index (χ1n) is 9.75. The van der Waals surface area contributed by atoms with Crippen molar-refractivity contribution in [3.8, 4) is 5.75 Å². The molecule has 0 unspecified atom stereocenters. The van der Waals surface area contributed by atoms with Crippen molar-refractivity contribution in [2.75, 3.05) is 19.3 Å². The summed E-state index contributed by atoms with van der Waals surface area (Å²) in [5.74, 6) is 0.545. The van der Waals surface area contributed by atoms with Gasteiger partial charge in [-0.1, -0.05) is 42.5 Å². The first-order chi connectivity index (χ1) is 13.7. The van der Waals surface area contributed by atoms with Crippen molar-refractivity contribution in [2.24, 2.45) is 0 Å². The minimum absolute atomic E-state index is 0.143. The number of sulfonamides is 1. The third-order valence-electron chi connectivity index (χ3n) is 4.25. The molecular formula is C22H30N2O4S. The van der Waals surface area contributed by atoms with E-state index >= 15 is 0 Å². The van der Waals surface area contributed by atoms with E-state index in [2.05, 4.69) is 5.32 Å². The molecule has 1 amide bonds. The summed E-state index contributed by atoms with van der Waals surface area (Å²) in [4.78, 5) is 12.2. The Bertz CT molecular complexity index is 865. The summed E-state index contributed by atoms with van der Waals surface area (Å²) in [6, 6.07) is 17.2. The van der Waals surface area contributed by atoms with E-state index in [0.29, 0.717) is 6.54 Å². The number of hydrogen-bond donors (Lipinski definition) is 1. The fourth-order valence-electron chi connectivity index (χ4n) is 2.82. The normalized spacial score (nSPS) is 11.6. The average Bonchev–Trinajstić information content (AvgIpc) is 2.66. The fraction of sp³-hybridized carbons (Fsp3) is 0.409. The van der Waals surface area contributed by atoms with Crippen LogP contribution in [-0.4, -0.2) is 44.1 Å². The van der Waals surface area contributed by atoms with E-state index < -0.39 is 10.0 Å². The van der Waals surface area contributed by atoms with Crippen LogP contribution in [-0.2, 0) is 27.8 Å². The second-order valence-electron chi connectivity index (χ2n) is 7.28. The van der Waals surface area contributed by atoms with Crippen LogP contribution in [0.5, 0.6) is 5.75 Å². The van der Waals surface area contributed by atoms with Gasteiger partial charge >= 0.3 is 0 Å². The molecule has 0 heterocycles. The molecule has 2 aromatic carbocycles. The summed E-state index contributed by atoms with van der Waals surface area (Å²) in [5.41, 5.74) is 2.01. The van der Waals surface area contributed by atoms with Gasteiger partial charge in [0.05, 0.1) is 18.9 Å². The third kappa shape index (κ3) is 8.66. The molecular weight excluding hydrogens is 388 g/mol. The zero-order valence-corrected chi connectivity index (χ0v) is 18.1. The molecule has 0 saturated heterocycles. The molecule has 1 N–H and O–H groups in total. The van der Waals surface area contributed by atoms with Gasteiger partial charge in [-0.05, 0) is 49.9 Å². The van der Waals surface area contributed by atoms with Crippen LogP contribution in [0.4, 0.5) is 0 Å². The van der Waals surface area contributed by atoms with Crippen molar-refractivity contribution in [3.63, 3.8) is 0 Å². The van der Waals surface area contributed by atoms with Gasteiger partial charge in [0.1, 0.15) is 5.75 Å². The number of carbonyl (C=O) groups excluding carboxylic acids is 1. The maximum absolute atomic E-state index is 12.2. The highest BCUT2D eigenvalue weighted by atomic mass is 32.2. The predicted molar refractivity (Wildman–Crippen MR) is 115 cm³/mol. The highest BCUT2D eigenvalue weighted by molar-refractivity contribution is 7.88. The molecule has 29 heavy (non-hydrogen) atoms. The van der Waals surface area contributed by atoms with Crippen LogP contribution in [0.2, 0.25) is 0 Å². The highest BCUT2D eigenvalue weighted by Gasteiger charge is 2.20. The van der Waals surface area contributed by atoms with Gasteiger partial charge in [0.2, 0.25) is 15.9 Å². The highest BCUT2D eigenvalue weighted by Crippen LogP contribution is 2.14. The molecule has 0 atom stereocenters. The van der Waals surface area contributed by atoms with E-state index in [1.807, 2.05) is 68.4 Å². The standard InChI is InChI=1S/C22H30N2O4S/c1-18(2)28-21-13-11-19(12-14-21)10-7-15-23-22(25)17-24(29(3,26)27)16-20-8-5-4-6-9-20/h4-6,8-9,11-14,18H,7,10,15-17H2,1-3H3,(H,23,25). The average molecular weight is 419 g/mol. The summed E-state index contributed by atoms with van der Waals surface area (Å²) >= 11 is 0. The minimum Gasteiger partial charge on any atom is -0.491 e. The largest absolute Gasteiger partial charge is 0.491 e. The van der Waals surface area contributed by atoms with Crippen molar-refractivity contribution in [1.82, 2.24) is 9.62 Å². The minimum atomic E-state index is -3.48. The Kier molecular flexibility index (Phi) is 8.67. The maximum atomic E-state index is 12.2. The number of carbonyl (C=O) groups is 1. The summed E-state index contributed by atoms with van der Waals surface area (Å²) in [6.07, 6.45) is 2.86. The molecule has 0 radical (unpaired) electrons. The van der Waals surface area contributed by atoms with E-state index in [0.717, 1.165) is 36.0 Å². The molecule has 0 aromatic heterocycles. The predicted octanol–water partition coefficient (Wildman–Crippen LogP) is 2.98. The van der Waals surface area contributed by atoms with Crippen LogP contribution < -0.4 is 10.1 Å². The van der Waals surface area contributed by atoms with Gasteiger partial charge in [0.15, 0.2) is 0 Å². The van der Waals surface area contributed by atoms with Crippen LogP contribution in [0.1, 0.15) is 31.4 Å². The van der Waals surface area contributed by atoms with Gasteiger partial charge in [0.25, 0.3) is 0 Å². The molecule has 0 fully saturated rings. The molecule has 0 aliphatic rings. The molecule has 0 aliphatic carbocycles. The fourth-order valence-corrected chi connectivity index (χ4v) is 3.56. The van der Waals surface area contributed by atoms with Crippen molar-refractivity contribution in [1.29, 1.82) is 0 Å². The Labute approximate surface area is 173 Å². The SMILES string of the molecule is CC(C)Oc1ccc(CCCNC(=O)CN(Cc2ccccc2)S(C)(=O)=O)cc1. The summed E-state index contributed by atoms with van der Waals surface area (Å²) < 4.78 is 30.8. The Morgan fingerprint density at radius 3 is 2.28 bits per heavy atom. The molecule has 2 aromatic rings. The first-order valence-corrected chi connectivity index (χ1v) is 11.6. The molecule has 0 aliphatic heterocycles. The molecule has 2 rings (SSSR count). The quantitative estimate of drug-likeness (QED) is 0.569. The number of nitrogens with zero attached hydrogens (tertiary/aromatic N) is 1. The van der Waals surface area contributed by atoms with Gasteiger partial charge in [-0.3, -0.25) is 4.79 Å². The van der Waals surface area contributed by atoms with Gasteiger partial charge < -0.3 is 10.1 Å². The van der Waals surface area contributed by atoms with Gasteiger partial charge in [-0.25, -0.2) is 8.42 Å². The van der Waals surface area contributed by atoms with Crippen LogP contribution in [0.15, 0.2) is 54.6 Å². The summed E-state index contributed by atoms with van der Waals surface area (Å²) in [5, 5.41) is 2.81. The van der Waals surface area contributed by atoms with Gasteiger partial charge in [0, 0.05) is 13.1 Å². The van der Waals surface area contributed by atoms with Gasteiger partial charge in [-0.2, -0.15) is 4.31 Å². The number of aryl methyl sites for hydroxylation is 1. The molecule has 158 valence electrons. The lowest BCUT2D eigenvalue weighted by Crippen LogP contribution is -2.40. The lowest BCUT2D eigenvalue weighted by molar-refractivity contribution is -0.121. The van der Waals surface area contributed by atoms with E-state index in [4.69, 9.17) is 4.74 Å². The third-order valence-corrected chi connectivity index (χ3v) is 5.45. The Morgan fingerprint density at radius 2 is 1.69 bits per heavy atom. The summed E-state index contributed by atoms with van der Waals surface area (Å²) in [6.45, 7) is 4.46. The zero-order valence-electron chi connectivity index (χ0n) is 17.3. The van der Waals surface area contributed by atoms with E-state index in [9.17, 15) is 13.2 Å². The molecule has 7 heteroatoms. The van der Waals surface area contributed by atoms with Crippen molar-refractivity contribution >= 4 is 15.9 Å². The smallest absolute Gasteiger partial charge is 0.235 e. The number of amides is 1. The van der Waals surface area contributed by atoms with E-state index in [-0.39, 0.29) is 25.1 Å². The second-order valence-corrected chi connectivity index (χ2v) is 9.26. The lowest BCUT2D eigenvalue weighted by atomic mass is 10.1. The number of rotatable bonds is 11. The molecule has 6 nitrogen and oxygen atoms in total. The van der Waals surface area contributed by atoms with Crippen LogP contribution in [0.3, 0.4) is 0 Å². The lowest BCUT2D eigenvalue weighted by Gasteiger charge is -2.19. The first kappa shape index (κ1) is 22.9. The van der Waals surface area contributed by atoms with Gasteiger partial charge in [-0.15, -0.1) is 0 Å². The van der Waals surface area contributed by atoms with E-state index in [1.54, 1.807) is 0 Å². The van der Waals surface area contributed by atoms with Crippen LogP contribution in [0.25, 0.3) is 0 Å². The number of nitrogens with one attached hydrogen (secondary N) is 1. The van der Waals surface area contributed by atoms with Crippen LogP contribution in [0, 0.1) is 0 Å². The van der Waals surface area contributed by atoms with Crippen LogP contribution >= 0.6 is 0 Å². The topological polar surface area (TPSA) is 75.7 Å². The maximum Gasteiger partial charge on any atom is 0.235 e. The van der Waals surface area contributed by atoms with Crippen molar-refractivity contribution in [3.05, 3.63) is 65.7 Å². The van der Waals surface area contributed by atoms with Crippen molar-refractivity contribution in [2.45, 2.75) is 39.3 Å². The zero-order chi connectivity index (χ0) is 21.3. The summed E-state index contributed by atoms with van der Waals surface area (Å²) in [7, 11) is -3.48. The Morgan fingerprint density at radius 1 is 1.03 bits per heavy atom.